The fraction of sp³-hybridized carbons (Fsp3) is 0.929. The van der Waals surface area contributed by atoms with E-state index >= 15 is 0 Å². The normalized spacial score (nSPS) is 13.8. The van der Waals surface area contributed by atoms with Crippen LogP contribution >= 0.6 is 0 Å². The summed E-state index contributed by atoms with van der Waals surface area (Å²) in [5, 5.41) is 0. The van der Waals surface area contributed by atoms with Crippen molar-refractivity contribution >= 4 is 5.78 Å². The maximum atomic E-state index is 12.3. The minimum Gasteiger partial charge on any atom is -0.374 e. The summed E-state index contributed by atoms with van der Waals surface area (Å²) in [7, 11) is 1.61. The van der Waals surface area contributed by atoms with Crippen molar-refractivity contribution in [3.63, 3.8) is 0 Å². The van der Waals surface area contributed by atoms with Gasteiger partial charge in [-0.05, 0) is 19.8 Å². The van der Waals surface area contributed by atoms with Crippen LogP contribution in [-0.2, 0) is 9.53 Å². The smallest absolute Gasteiger partial charge is 0.167 e. The zero-order valence-electron chi connectivity index (χ0n) is 11.6. The highest BCUT2D eigenvalue weighted by Crippen LogP contribution is 2.33. The quantitative estimate of drug-likeness (QED) is 0.596. The fourth-order valence-electron chi connectivity index (χ4n) is 2.10. The molecule has 0 aliphatic heterocycles. The summed E-state index contributed by atoms with van der Waals surface area (Å²) >= 11 is 0. The Kier molecular flexibility index (Phi) is 7.65. The van der Waals surface area contributed by atoms with E-state index in [2.05, 4.69) is 20.8 Å². The molecule has 0 saturated carbocycles. The highest BCUT2D eigenvalue weighted by Gasteiger charge is 2.34. The second-order valence-electron chi connectivity index (χ2n) is 5.01. The van der Waals surface area contributed by atoms with Crippen molar-refractivity contribution in [1.29, 1.82) is 0 Å². The number of methoxy groups -OCH3 is 1. The molecule has 0 aromatic carbocycles. The van der Waals surface area contributed by atoms with Crippen LogP contribution in [0.4, 0.5) is 0 Å². The maximum Gasteiger partial charge on any atom is 0.167 e. The number of ether oxygens (including phenoxy) is 1. The average molecular weight is 228 g/mol. The highest BCUT2D eigenvalue weighted by molar-refractivity contribution is 5.88. The van der Waals surface area contributed by atoms with Gasteiger partial charge in [0.1, 0.15) is 6.10 Å². The Labute approximate surface area is 101 Å². The van der Waals surface area contributed by atoms with E-state index in [-0.39, 0.29) is 17.3 Å². The van der Waals surface area contributed by atoms with Crippen LogP contribution in [0.2, 0.25) is 0 Å². The molecule has 0 aromatic heterocycles. The van der Waals surface area contributed by atoms with Gasteiger partial charge in [0.2, 0.25) is 0 Å². The molecule has 0 aliphatic carbocycles. The van der Waals surface area contributed by atoms with E-state index in [0.29, 0.717) is 0 Å². The molecule has 1 atom stereocenters. The summed E-state index contributed by atoms with van der Waals surface area (Å²) in [5.41, 5.74) is -0.179. The molecule has 0 aliphatic rings. The molecule has 0 heterocycles. The van der Waals surface area contributed by atoms with Crippen molar-refractivity contribution in [3.8, 4) is 0 Å². The number of carbonyl (C=O) groups is 1. The van der Waals surface area contributed by atoms with Gasteiger partial charge in [-0.1, -0.05) is 46.5 Å². The SMILES string of the molecule is CCCCC(C)(CCCC)C(=O)C(C)OC. The average Bonchev–Trinajstić information content (AvgIpc) is 2.31. The molecule has 0 radical (unpaired) electrons. The summed E-state index contributed by atoms with van der Waals surface area (Å²) in [4.78, 5) is 12.3. The molecular weight excluding hydrogens is 200 g/mol. The summed E-state index contributed by atoms with van der Waals surface area (Å²) < 4.78 is 5.17. The predicted octanol–water partition coefficient (Wildman–Crippen LogP) is 3.98. The van der Waals surface area contributed by atoms with Crippen molar-refractivity contribution in [2.24, 2.45) is 5.41 Å². The molecule has 16 heavy (non-hydrogen) atoms. The predicted molar refractivity (Wildman–Crippen MR) is 68.6 cm³/mol. The third-order valence-corrected chi connectivity index (χ3v) is 3.48. The van der Waals surface area contributed by atoms with Crippen LogP contribution in [0, 0.1) is 5.41 Å². The van der Waals surface area contributed by atoms with Crippen LogP contribution in [-0.4, -0.2) is 19.0 Å². The number of hydrogen-bond acceptors (Lipinski definition) is 2. The Bertz CT molecular complexity index is 191. The van der Waals surface area contributed by atoms with Gasteiger partial charge in [0, 0.05) is 12.5 Å². The lowest BCUT2D eigenvalue weighted by Gasteiger charge is -2.30. The van der Waals surface area contributed by atoms with Gasteiger partial charge in [-0.25, -0.2) is 0 Å². The van der Waals surface area contributed by atoms with Crippen molar-refractivity contribution in [2.45, 2.75) is 72.3 Å². The Morgan fingerprint density at radius 3 is 1.94 bits per heavy atom. The summed E-state index contributed by atoms with van der Waals surface area (Å²) in [6.45, 7) is 8.31. The van der Waals surface area contributed by atoms with Gasteiger partial charge in [-0.2, -0.15) is 0 Å². The molecule has 0 saturated heterocycles. The molecular formula is C14H28O2. The summed E-state index contributed by atoms with van der Waals surface area (Å²) in [6.07, 6.45) is 6.28. The van der Waals surface area contributed by atoms with Gasteiger partial charge >= 0.3 is 0 Å². The van der Waals surface area contributed by atoms with Crippen LogP contribution in [0.5, 0.6) is 0 Å². The molecule has 0 bridgehead atoms. The van der Waals surface area contributed by atoms with Crippen LogP contribution in [0.25, 0.3) is 0 Å². The number of unbranched alkanes of at least 4 members (excludes halogenated alkanes) is 2. The third kappa shape index (κ3) is 4.65. The number of hydrogen-bond donors (Lipinski definition) is 0. The van der Waals surface area contributed by atoms with E-state index in [1.807, 2.05) is 6.92 Å². The van der Waals surface area contributed by atoms with Crippen LogP contribution in [0.3, 0.4) is 0 Å². The Morgan fingerprint density at radius 1 is 1.19 bits per heavy atom. The number of carbonyl (C=O) groups excluding carboxylic acids is 1. The zero-order valence-corrected chi connectivity index (χ0v) is 11.6. The Balaban J connectivity index is 4.55. The van der Waals surface area contributed by atoms with E-state index in [0.717, 1.165) is 38.5 Å². The minimum atomic E-state index is -0.265. The Hall–Kier alpha value is -0.370. The molecule has 2 heteroatoms. The minimum absolute atomic E-state index is 0.179. The molecule has 0 spiro atoms. The lowest BCUT2D eigenvalue weighted by Crippen LogP contribution is -2.36. The first-order valence-corrected chi connectivity index (χ1v) is 6.59. The first kappa shape index (κ1) is 15.6. The lowest BCUT2D eigenvalue weighted by atomic mass is 9.75. The number of rotatable bonds is 9. The molecule has 0 rings (SSSR count). The zero-order chi connectivity index (χ0) is 12.6. The molecule has 0 amide bonds. The Morgan fingerprint density at radius 2 is 1.62 bits per heavy atom. The van der Waals surface area contributed by atoms with Crippen molar-refractivity contribution in [3.05, 3.63) is 0 Å². The van der Waals surface area contributed by atoms with Crippen molar-refractivity contribution < 1.29 is 9.53 Å². The molecule has 96 valence electrons. The number of Topliss-reactive ketones (excluding diaryl/α,β-unsaturated/α-hetero) is 1. The fourth-order valence-corrected chi connectivity index (χ4v) is 2.10. The molecule has 0 aromatic rings. The van der Waals surface area contributed by atoms with Crippen LogP contribution in [0.15, 0.2) is 0 Å². The van der Waals surface area contributed by atoms with E-state index in [9.17, 15) is 4.79 Å². The van der Waals surface area contributed by atoms with Gasteiger partial charge in [-0.15, -0.1) is 0 Å². The summed E-state index contributed by atoms with van der Waals surface area (Å²) in [6, 6.07) is 0. The summed E-state index contributed by atoms with van der Waals surface area (Å²) in [5.74, 6) is 0.275. The largest absolute Gasteiger partial charge is 0.374 e. The van der Waals surface area contributed by atoms with Gasteiger partial charge in [0.05, 0.1) is 0 Å². The second kappa shape index (κ2) is 7.83. The van der Waals surface area contributed by atoms with E-state index in [4.69, 9.17) is 4.74 Å². The van der Waals surface area contributed by atoms with Gasteiger partial charge in [0.25, 0.3) is 0 Å². The van der Waals surface area contributed by atoms with E-state index in [1.54, 1.807) is 7.11 Å². The van der Waals surface area contributed by atoms with Gasteiger partial charge < -0.3 is 4.74 Å². The van der Waals surface area contributed by atoms with Crippen molar-refractivity contribution in [2.75, 3.05) is 7.11 Å². The van der Waals surface area contributed by atoms with E-state index in [1.165, 1.54) is 0 Å². The van der Waals surface area contributed by atoms with Crippen LogP contribution in [0.1, 0.15) is 66.2 Å². The first-order valence-electron chi connectivity index (χ1n) is 6.59. The van der Waals surface area contributed by atoms with Crippen LogP contribution < -0.4 is 0 Å². The lowest BCUT2D eigenvalue weighted by molar-refractivity contribution is -0.138. The van der Waals surface area contributed by atoms with Gasteiger partial charge in [0.15, 0.2) is 5.78 Å². The third-order valence-electron chi connectivity index (χ3n) is 3.48. The maximum absolute atomic E-state index is 12.3. The van der Waals surface area contributed by atoms with E-state index < -0.39 is 0 Å². The van der Waals surface area contributed by atoms with Crippen molar-refractivity contribution in [1.82, 2.24) is 0 Å². The second-order valence-corrected chi connectivity index (χ2v) is 5.01. The first-order chi connectivity index (χ1) is 7.51. The molecule has 0 N–H and O–H groups in total. The molecule has 1 unspecified atom stereocenters. The molecule has 0 fully saturated rings. The van der Waals surface area contributed by atoms with Gasteiger partial charge in [-0.3, -0.25) is 4.79 Å². The monoisotopic (exact) mass is 228 g/mol. The highest BCUT2D eigenvalue weighted by atomic mass is 16.5. The topological polar surface area (TPSA) is 26.3 Å². The standard InChI is InChI=1S/C14H28O2/c1-6-8-10-14(4,11-9-7-2)13(15)12(3)16-5/h12H,6-11H2,1-5H3. The molecule has 2 nitrogen and oxygen atoms in total. The number of ketones is 1.